The van der Waals surface area contributed by atoms with Gasteiger partial charge in [0.25, 0.3) is 0 Å². The standard InChI is InChI=1S/C16H30N4O2/c1-4-14(12-21)20-9-7-19(8-10-20)11-16-17-15(18-22-16)6-5-13(2)3/h13-14,21H,4-12H2,1-3H3. The molecule has 0 aromatic carbocycles. The van der Waals surface area contributed by atoms with E-state index in [0.717, 1.165) is 63.7 Å². The van der Waals surface area contributed by atoms with Crippen molar-refractivity contribution in [2.45, 2.75) is 52.6 Å². The Morgan fingerprint density at radius 1 is 1.23 bits per heavy atom. The van der Waals surface area contributed by atoms with Gasteiger partial charge in [0, 0.05) is 38.6 Å². The van der Waals surface area contributed by atoms with Gasteiger partial charge in [0.05, 0.1) is 13.2 Å². The maximum absolute atomic E-state index is 9.38. The average Bonchev–Trinajstić information content (AvgIpc) is 2.96. The van der Waals surface area contributed by atoms with Gasteiger partial charge in [-0.05, 0) is 18.8 Å². The van der Waals surface area contributed by atoms with E-state index >= 15 is 0 Å². The van der Waals surface area contributed by atoms with Crippen LogP contribution < -0.4 is 0 Å². The van der Waals surface area contributed by atoms with Crippen LogP contribution >= 0.6 is 0 Å². The van der Waals surface area contributed by atoms with Crippen LogP contribution in [0.2, 0.25) is 0 Å². The van der Waals surface area contributed by atoms with Gasteiger partial charge >= 0.3 is 0 Å². The summed E-state index contributed by atoms with van der Waals surface area (Å²) in [7, 11) is 0. The average molecular weight is 310 g/mol. The molecule has 1 aliphatic rings. The Morgan fingerprint density at radius 3 is 2.55 bits per heavy atom. The van der Waals surface area contributed by atoms with Crippen molar-refractivity contribution in [1.29, 1.82) is 0 Å². The van der Waals surface area contributed by atoms with Crippen LogP contribution in [0.1, 0.15) is 45.3 Å². The van der Waals surface area contributed by atoms with Crippen molar-refractivity contribution in [3.63, 3.8) is 0 Å². The number of nitrogens with zero attached hydrogens (tertiary/aromatic N) is 4. The predicted octanol–water partition coefficient (Wildman–Crippen LogP) is 1.55. The van der Waals surface area contributed by atoms with Crippen LogP contribution in [0.4, 0.5) is 0 Å². The summed E-state index contributed by atoms with van der Waals surface area (Å²) in [6.07, 6.45) is 2.99. The first-order valence-electron chi connectivity index (χ1n) is 8.51. The van der Waals surface area contributed by atoms with Gasteiger partial charge in [-0.25, -0.2) is 0 Å². The van der Waals surface area contributed by atoms with Crippen LogP contribution in [0, 0.1) is 5.92 Å². The number of hydrogen-bond donors (Lipinski definition) is 1. The highest BCUT2D eigenvalue weighted by Crippen LogP contribution is 2.12. The molecule has 0 saturated carbocycles. The van der Waals surface area contributed by atoms with E-state index in [4.69, 9.17) is 4.52 Å². The fourth-order valence-corrected chi connectivity index (χ4v) is 2.85. The molecule has 1 aliphatic heterocycles. The maximum atomic E-state index is 9.38. The molecule has 1 N–H and O–H groups in total. The van der Waals surface area contributed by atoms with E-state index in [2.05, 4.69) is 40.7 Å². The molecule has 0 amide bonds. The van der Waals surface area contributed by atoms with Gasteiger partial charge in [0.15, 0.2) is 5.82 Å². The largest absolute Gasteiger partial charge is 0.395 e. The summed E-state index contributed by atoms with van der Waals surface area (Å²) in [5, 5.41) is 13.5. The summed E-state index contributed by atoms with van der Waals surface area (Å²) in [5.41, 5.74) is 0. The SMILES string of the molecule is CCC(CO)N1CCN(Cc2nc(CCC(C)C)no2)CC1. The zero-order valence-electron chi connectivity index (χ0n) is 14.2. The van der Waals surface area contributed by atoms with Crippen LogP contribution in [0.3, 0.4) is 0 Å². The smallest absolute Gasteiger partial charge is 0.240 e. The lowest BCUT2D eigenvalue weighted by Crippen LogP contribution is -2.50. The van der Waals surface area contributed by atoms with Gasteiger partial charge in [-0.1, -0.05) is 25.9 Å². The van der Waals surface area contributed by atoms with Gasteiger partial charge in [-0.2, -0.15) is 4.98 Å². The number of aryl methyl sites for hydroxylation is 1. The molecule has 2 heterocycles. The normalized spacial score (nSPS) is 19.0. The van der Waals surface area contributed by atoms with Crippen molar-refractivity contribution in [2.75, 3.05) is 32.8 Å². The van der Waals surface area contributed by atoms with E-state index in [1.54, 1.807) is 0 Å². The van der Waals surface area contributed by atoms with Crippen molar-refractivity contribution >= 4 is 0 Å². The first-order chi connectivity index (χ1) is 10.6. The molecule has 1 saturated heterocycles. The Labute approximate surface area is 133 Å². The van der Waals surface area contributed by atoms with E-state index < -0.39 is 0 Å². The summed E-state index contributed by atoms with van der Waals surface area (Å²) in [4.78, 5) is 9.21. The fourth-order valence-electron chi connectivity index (χ4n) is 2.85. The van der Waals surface area contributed by atoms with Gasteiger partial charge in [0.1, 0.15) is 0 Å². The molecule has 1 aromatic heterocycles. The Balaban J connectivity index is 1.76. The second-order valence-electron chi connectivity index (χ2n) is 6.59. The molecule has 0 bridgehead atoms. The third kappa shape index (κ3) is 5.04. The van der Waals surface area contributed by atoms with Crippen molar-refractivity contribution < 1.29 is 9.63 Å². The lowest BCUT2D eigenvalue weighted by atomic mass is 10.1. The van der Waals surface area contributed by atoms with Crippen molar-refractivity contribution in [2.24, 2.45) is 5.92 Å². The Kier molecular flexibility index (Phi) is 6.79. The minimum atomic E-state index is 0.249. The second kappa shape index (κ2) is 8.60. The van der Waals surface area contributed by atoms with Crippen LogP contribution in [-0.2, 0) is 13.0 Å². The minimum absolute atomic E-state index is 0.249. The summed E-state index contributed by atoms with van der Waals surface area (Å²) < 4.78 is 5.36. The van der Waals surface area contributed by atoms with Crippen molar-refractivity contribution in [3.8, 4) is 0 Å². The van der Waals surface area contributed by atoms with Gasteiger partial charge in [-0.15, -0.1) is 0 Å². The third-order valence-corrected chi connectivity index (χ3v) is 4.42. The molecule has 126 valence electrons. The van der Waals surface area contributed by atoms with Crippen LogP contribution in [0.25, 0.3) is 0 Å². The lowest BCUT2D eigenvalue weighted by Gasteiger charge is -2.37. The second-order valence-corrected chi connectivity index (χ2v) is 6.59. The number of hydrogen-bond acceptors (Lipinski definition) is 6. The Hall–Kier alpha value is -0.980. The molecule has 0 spiro atoms. The molecule has 1 fully saturated rings. The van der Waals surface area contributed by atoms with Crippen molar-refractivity contribution in [3.05, 3.63) is 11.7 Å². The zero-order chi connectivity index (χ0) is 15.9. The topological polar surface area (TPSA) is 65.6 Å². The highest BCUT2D eigenvalue weighted by molar-refractivity contribution is 4.88. The van der Waals surface area contributed by atoms with E-state index in [1.165, 1.54) is 0 Å². The minimum Gasteiger partial charge on any atom is -0.395 e. The fraction of sp³-hybridized carbons (Fsp3) is 0.875. The van der Waals surface area contributed by atoms with Gasteiger partial charge in [0.2, 0.25) is 5.89 Å². The molecule has 0 radical (unpaired) electrons. The highest BCUT2D eigenvalue weighted by Gasteiger charge is 2.23. The molecule has 1 atom stereocenters. The number of piperazine rings is 1. The van der Waals surface area contributed by atoms with E-state index in [9.17, 15) is 5.11 Å². The van der Waals surface area contributed by atoms with Crippen LogP contribution in [-0.4, -0.2) is 63.9 Å². The summed E-state index contributed by atoms with van der Waals surface area (Å²) in [6, 6.07) is 0.299. The quantitative estimate of drug-likeness (QED) is 0.786. The van der Waals surface area contributed by atoms with Crippen molar-refractivity contribution in [1.82, 2.24) is 19.9 Å². The van der Waals surface area contributed by atoms with E-state index in [-0.39, 0.29) is 6.61 Å². The van der Waals surface area contributed by atoms with E-state index in [1.807, 2.05) is 0 Å². The Bertz CT molecular complexity index is 424. The van der Waals surface area contributed by atoms with Gasteiger partial charge in [-0.3, -0.25) is 9.80 Å². The molecule has 2 rings (SSSR count). The Morgan fingerprint density at radius 2 is 1.95 bits per heavy atom. The molecular formula is C16H30N4O2. The molecular weight excluding hydrogens is 280 g/mol. The zero-order valence-corrected chi connectivity index (χ0v) is 14.2. The highest BCUT2D eigenvalue weighted by atomic mass is 16.5. The van der Waals surface area contributed by atoms with Gasteiger partial charge < -0.3 is 9.63 Å². The monoisotopic (exact) mass is 310 g/mol. The molecule has 6 heteroatoms. The molecule has 1 unspecified atom stereocenters. The van der Waals surface area contributed by atoms with E-state index in [0.29, 0.717) is 12.0 Å². The number of aliphatic hydroxyl groups excluding tert-OH is 1. The molecule has 22 heavy (non-hydrogen) atoms. The maximum Gasteiger partial charge on any atom is 0.240 e. The summed E-state index contributed by atoms with van der Waals surface area (Å²) in [5.74, 6) is 2.21. The molecule has 0 aliphatic carbocycles. The number of aliphatic hydroxyl groups is 1. The number of rotatable bonds is 8. The first kappa shape index (κ1) is 17.4. The predicted molar refractivity (Wildman–Crippen MR) is 85.5 cm³/mol. The third-order valence-electron chi connectivity index (χ3n) is 4.42. The molecule has 6 nitrogen and oxygen atoms in total. The first-order valence-corrected chi connectivity index (χ1v) is 8.51. The summed E-state index contributed by atoms with van der Waals surface area (Å²) in [6.45, 7) is 11.5. The summed E-state index contributed by atoms with van der Waals surface area (Å²) >= 11 is 0. The van der Waals surface area contributed by atoms with Crippen LogP contribution in [0.15, 0.2) is 4.52 Å². The molecule has 1 aromatic rings. The number of aromatic nitrogens is 2. The van der Waals surface area contributed by atoms with Crippen LogP contribution in [0.5, 0.6) is 0 Å². The lowest BCUT2D eigenvalue weighted by molar-refractivity contribution is 0.0568.